The van der Waals surface area contributed by atoms with Crippen LogP contribution in [-0.4, -0.2) is 134 Å². The van der Waals surface area contributed by atoms with E-state index in [0.717, 1.165) is 6.42 Å². The van der Waals surface area contributed by atoms with Gasteiger partial charge in [0.25, 0.3) is 0 Å². The first kappa shape index (κ1) is 61.2. The second-order valence-electron chi connectivity index (χ2n) is 20.0. The molecule has 0 saturated carbocycles. The minimum Gasteiger partial charge on any atom is -0.461 e. The first-order valence-electron chi connectivity index (χ1n) is 22.8. The van der Waals surface area contributed by atoms with Gasteiger partial charge in [-0.2, -0.15) is 0 Å². The molecule has 0 spiro atoms. The number of carbonyl (C=O) groups is 5. The molecule has 0 N–H and O–H groups in total. The maximum absolute atomic E-state index is 11.8. The van der Waals surface area contributed by atoms with Crippen LogP contribution in [-0.2, 0) is 87.0 Å². The van der Waals surface area contributed by atoms with Gasteiger partial charge in [-0.1, -0.05) is 27.7 Å². The molecular weight excluding hydrogens is 945 g/mol. The number of carbonyl (C=O) groups excluding carboxylic acids is 5. The maximum atomic E-state index is 11.8. The van der Waals surface area contributed by atoms with Crippen molar-refractivity contribution in [2.75, 3.05) is 46.9 Å². The Balaban J connectivity index is 0.000000442. The summed E-state index contributed by atoms with van der Waals surface area (Å²) in [6.45, 7) is 21.3. The minimum absolute atomic E-state index is 0.0153. The van der Waals surface area contributed by atoms with Gasteiger partial charge in [0.15, 0.2) is 46.0 Å². The highest BCUT2D eigenvalue weighted by atomic mass is 32.2. The van der Waals surface area contributed by atoms with Crippen molar-refractivity contribution in [2.45, 2.75) is 177 Å². The molecule has 0 radical (unpaired) electrons. The van der Waals surface area contributed by atoms with Crippen LogP contribution >= 0.6 is 0 Å². The van der Waals surface area contributed by atoms with Crippen LogP contribution in [0.4, 0.5) is 0 Å². The Hall–Kier alpha value is -2.85. The van der Waals surface area contributed by atoms with Crippen LogP contribution in [0.2, 0.25) is 0 Å². The molecule has 0 bridgehead atoms. The van der Waals surface area contributed by atoms with Crippen LogP contribution < -0.4 is 0 Å². The van der Waals surface area contributed by atoms with E-state index in [0.29, 0.717) is 64.2 Å². The van der Waals surface area contributed by atoms with Crippen molar-refractivity contribution in [3.8, 4) is 0 Å². The Kier molecular flexibility index (Phi) is 23.3. The number of ether oxygens (including phenoxy) is 5. The highest BCUT2D eigenvalue weighted by Gasteiger charge is 2.38. The van der Waals surface area contributed by atoms with E-state index in [4.69, 9.17) is 23.7 Å². The quantitative estimate of drug-likeness (QED) is 0.158. The summed E-state index contributed by atoms with van der Waals surface area (Å²) in [4.78, 5) is 58.2. The molecule has 4 fully saturated rings. The van der Waals surface area contributed by atoms with E-state index in [-0.39, 0.29) is 52.2 Å². The van der Waals surface area contributed by atoms with Crippen LogP contribution in [0.1, 0.15) is 154 Å². The topological polar surface area (TPSA) is 268 Å². The molecule has 22 heteroatoms. The Bertz CT molecular complexity index is 2100. The average Bonchev–Trinajstić information content (AvgIpc) is 3.75. The monoisotopic (exact) mass is 1020 g/mol. The Morgan fingerprint density at radius 1 is 0.424 bits per heavy atom. The van der Waals surface area contributed by atoms with Gasteiger partial charge in [0.1, 0.15) is 18.3 Å². The third-order valence-corrected chi connectivity index (χ3v) is 19.7. The smallest absolute Gasteiger partial charge is 0.344 e. The van der Waals surface area contributed by atoms with Crippen molar-refractivity contribution in [1.29, 1.82) is 0 Å². The van der Waals surface area contributed by atoms with Crippen molar-refractivity contribution in [3.63, 3.8) is 0 Å². The lowest BCUT2D eigenvalue weighted by Gasteiger charge is -2.27. The lowest BCUT2D eigenvalue weighted by Crippen LogP contribution is -2.37. The third-order valence-electron chi connectivity index (χ3n) is 12.5. The highest BCUT2D eigenvalue weighted by Crippen LogP contribution is 2.29. The van der Waals surface area contributed by atoms with Gasteiger partial charge in [0.2, 0.25) is 5.44 Å². The van der Waals surface area contributed by atoms with E-state index >= 15 is 0 Å². The molecule has 0 amide bonds. The molecule has 0 aromatic heterocycles. The van der Waals surface area contributed by atoms with Gasteiger partial charge in [-0.05, 0) is 126 Å². The molecular formula is C44H78O18S4. The average molecular weight is 1020 g/mol. The summed E-state index contributed by atoms with van der Waals surface area (Å²) in [7, 11) is -12.3. The number of hydrogen-bond acceptors (Lipinski definition) is 18. The molecule has 4 rings (SSSR count). The maximum Gasteiger partial charge on any atom is 0.344 e. The van der Waals surface area contributed by atoms with E-state index in [1.54, 1.807) is 41.5 Å². The second-order valence-corrected chi connectivity index (χ2v) is 28.9. The largest absolute Gasteiger partial charge is 0.461 e. The van der Waals surface area contributed by atoms with Crippen molar-refractivity contribution in [1.82, 2.24) is 0 Å². The Morgan fingerprint density at radius 2 is 0.788 bits per heavy atom. The van der Waals surface area contributed by atoms with Crippen molar-refractivity contribution >= 4 is 69.2 Å². The SMILES string of the molecule is CCC(C)(C)C(=O)OC1CCCCS1(=O)=O.CCC(C)(C)C(=O)OC1CCCS(=O)(=O)C1.CCC(C)(C)C(=O)OC1CCS(=O)(=O)C1.CCC(C)(C)C(=O)OCC(=O)OC1CCS(=O)(=O)C1. The zero-order valence-corrected chi connectivity index (χ0v) is 44.5. The van der Waals surface area contributed by atoms with Gasteiger partial charge < -0.3 is 23.7 Å². The normalized spacial score (nSPS) is 24.2. The predicted octanol–water partition coefficient (Wildman–Crippen LogP) is 5.28. The first-order chi connectivity index (χ1) is 30.0. The van der Waals surface area contributed by atoms with Crippen LogP contribution in [0.3, 0.4) is 0 Å². The Labute approximate surface area is 394 Å². The molecule has 66 heavy (non-hydrogen) atoms. The summed E-state index contributed by atoms with van der Waals surface area (Å²) in [5.74, 6) is -1.83. The molecule has 4 atom stereocenters. The molecule has 4 aliphatic heterocycles. The van der Waals surface area contributed by atoms with Crippen molar-refractivity contribution < 1.29 is 81.3 Å². The zero-order chi connectivity index (χ0) is 51.2. The Morgan fingerprint density at radius 3 is 1.15 bits per heavy atom. The standard InChI is InChI=1S/C12H20O6S.2C11H20O4S.C10H18O4S/c1-4-12(2,3)11(14)17-7-10(13)18-9-5-6-19(15,16)8-9;1-4-11(2,3)10(12)15-9-6-5-7-16(13,14)8-9;1-4-11(2,3)10(12)15-9-7-5-6-8-16(9,13)14;1-4-10(2,3)9(11)14-8-5-6-15(12,13)7-8/h9H,4-8H2,1-3H3;2*9H,4-8H2,1-3H3;8H,4-7H2,1-3H3. The summed E-state index contributed by atoms with van der Waals surface area (Å²) in [5, 5.41) is 0. The molecule has 4 unspecified atom stereocenters. The molecule has 4 heterocycles. The van der Waals surface area contributed by atoms with E-state index < -0.39 is 109 Å². The molecule has 18 nitrogen and oxygen atoms in total. The second kappa shape index (κ2) is 25.1. The fourth-order valence-corrected chi connectivity index (χ4v) is 12.2. The van der Waals surface area contributed by atoms with Crippen molar-refractivity contribution in [2.24, 2.45) is 21.7 Å². The van der Waals surface area contributed by atoms with Gasteiger partial charge >= 0.3 is 29.8 Å². The van der Waals surface area contributed by atoms with E-state index in [2.05, 4.69) is 0 Å². The van der Waals surface area contributed by atoms with Crippen LogP contribution in [0.15, 0.2) is 0 Å². The van der Waals surface area contributed by atoms with Gasteiger partial charge in [0.05, 0.1) is 61.9 Å². The number of esters is 5. The summed E-state index contributed by atoms with van der Waals surface area (Å²) in [6, 6.07) is 0. The molecule has 4 saturated heterocycles. The van der Waals surface area contributed by atoms with Gasteiger partial charge in [0, 0.05) is 0 Å². The fourth-order valence-electron chi connectivity index (χ4n) is 5.86. The summed E-state index contributed by atoms with van der Waals surface area (Å²) in [5.41, 5.74) is -3.21. The van der Waals surface area contributed by atoms with Crippen LogP contribution in [0.5, 0.6) is 0 Å². The molecule has 386 valence electrons. The predicted molar refractivity (Wildman–Crippen MR) is 249 cm³/mol. The van der Waals surface area contributed by atoms with Gasteiger partial charge in [-0.25, -0.2) is 38.5 Å². The number of sulfone groups is 4. The summed E-state index contributed by atoms with van der Waals surface area (Å²) in [6.07, 6.45) is 5.02. The zero-order valence-electron chi connectivity index (χ0n) is 41.2. The number of hydrogen-bond donors (Lipinski definition) is 0. The lowest BCUT2D eigenvalue weighted by atomic mass is 9.90. The highest BCUT2D eigenvalue weighted by molar-refractivity contribution is 7.92. The van der Waals surface area contributed by atoms with Gasteiger partial charge in [-0.3, -0.25) is 19.2 Å². The summed E-state index contributed by atoms with van der Waals surface area (Å²) < 4.78 is 116. The molecule has 0 aromatic rings. The van der Waals surface area contributed by atoms with E-state index in [1.165, 1.54) is 0 Å². The van der Waals surface area contributed by atoms with Crippen LogP contribution in [0.25, 0.3) is 0 Å². The van der Waals surface area contributed by atoms with Crippen molar-refractivity contribution in [3.05, 3.63) is 0 Å². The molecule has 0 aromatic carbocycles. The van der Waals surface area contributed by atoms with E-state index in [1.807, 2.05) is 41.5 Å². The third kappa shape index (κ3) is 21.2. The van der Waals surface area contributed by atoms with Gasteiger partial charge in [-0.15, -0.1) is 0 Å². The number of rotatable bonds is 14. The van der Waals surface area contributed by atoms with E-state index in [9.17, 15) is 57.6 Å². The lowest BCUT2D eigenvalue weighted by molar-refractivity contribution is -0.166. The van der Waals surface area contributed by atoms with Crippen LogP contribution in [0, 0.1) is 21.7 Å². The summed E-state index contributed by atoms with van der Waals surface area (Å²) >= 11 is 0. The minimum atomic E-state index is -3.23. The fraction of sp³-hybridized carbons (Fsp3) is 0.886. The molecule has 4 aliphatic rings. The first-order valence-corrected chi connectivity index (χ1v) is 30.0. The molecule has 0 aliphatic carbocycles.